The van der Waals surface area contributed by atoms with Gasteiger partial charge in [0.2, 0.25) is 5.95 Å². The summed E-state index contributed by atoms with van der Waals surface area (Å²) in [6.45, 7) is 9.39. The van der Waals surface area contributed by atoms with Crippen molar-refractivity contribution >= 4 is 34.9 Å². The first-order chi connectivity index (χ1) is 12.6. The van der Waals surface area contributed by atoms with Crippen LogP contribution in [0.2, 0.25) is 0 Å². The van der Waals surface area contributed by atoms with E-state index in [2.05, 4.69) is 40.3 Å². The Morgan fingerprint density at radius 1 is 1.00 bits per heavy atom. The Morgan fingerprint density at radius 3 is 2.15 bits per heavy atom. The molecule has 1 aromatic rings. The standard InChI is InChI=1S/C18H30N6OS/c1-14(2)19-18(26)22-17-20-15(23-7-5-3-4-6-8-23)13-16(21-17)24-9-11-25-12-10-24/h13-14H,3-12H2,1-2H3,(H2,19,20,21,22,26). The van der Waals surface area contributed by atoms with Crippen LogP contribution < -0.4 is 20.4 Å². The molecule has 3 heterocycles. The van der Waals surface area contributed by atoms with Gasteiger partial charge in [-0.15, -0.1) is 0 Å². The summed E-state index contributed by atoms with van der Waals surface area (Å²) in [5.74, 6) is 2.49. The van der Waals surface area contributed by atoms with E-state index in [1.54, 1.807) is 0 Å². The van der Waals surface area contributed by atoms with Crippen LogP contribution >= 0.6 is 12.2 Å². The average Bonchev–Trinajstić information content (AvgIpc) is 2.91. The highest BCUT2D eigenvalue weighted by Gasteiger charge is 2.19. The first-order valence-corrected chi connectivity index (χ1v) is 10.1. The van der Waals surface area contributed by atoms with Crippen molar-refractivity contribution in [1.29, 1.82) is 0 Å². The SMILES string of the molecule is CC(C)NC(=S)Nc1nc(N2CCCCCC2)cc(N2CCOCC2)n1. The van der Waals surface area contributed by atoms with E-state index in [1.807, 2.05) is 0 Å². The molecule has 8 heteroatoms. The minimum atomic E-state index is 0.266. The van der Waals surface area contributed by atoms with Crippen LogP contribution in [0.5, 0.6) is 0 Å². The van der Waals surface area contributed by atoms with Crippen LogP contribution in [0.4, 0.5) is 17.6 Å². The smallest absolute Gasteiger partial charge is 0.232 e. The number of aromatic nitrogens is 2. The van der Waals surface area contributed by atoms with Crippen LogP contribution in [0, 0.1) is 0 Å². The summed E-state index contributed by atoms with van der Waals surface area (Å²) in [6.07, 6.45) is 5.02. The number of rotatable bonds is 4. The second-order valence-corrected chi connectivity index (χ2v) is 7.57. The fourth-order valence-corrected chi connectivity index (χ4v) is 3.62. The zero-order valence-electron chi connectivity index (χ0n) is 15.8. The van der Waals surface area contributed by atoms with Gasteiger partial charge in [-0.1, -0.05) is 12.8 Å². The van der Waals surface area contributed by atoms with Gasteiger partial charge >= 0.3 is 0 Å². The van der Waals surface area contributed by atoms with Crippen LogP contribution in [0.1, 0.15) is 39.5 Å². The Kier molecular flexibility index (Phi) is 6.85. The molecule has 0 bridgehead atoms. The highest BCUT2D eigenvalue weighted by molar-refractivity contribution is 7.80. The van der Waals surface area contributed by atoms with Gasteiger partial charge in [-0.3, -0.25) is 0 Å². The number of hydrogen-bond donors (Lipinski definition) is 2. The van der Waals surface area contributed by atoms with Crippen LogP contribution in [0.25, 0.3) is 0 Å². The minimum Gasteiger partial charge on any atom is -0.378 e. The lowest BCUT2D eigenvalue weighted by Gasteiger charge is -2.30. The molecule has 0 aliphatic carbocycles. The Bertz CT molecular complexity index is 597. The highest BCUT2D eigenvalue weighted by Crippen LogP contribution is 2.24. The predicted molar refractivity (Wildman–Crippen MR) is 110 cm³/mol. The van der Waals surface area contributed by atoms with Gasteiger partial charge in [0.25, 0.3) is 0 Å². The third-order valence-corrected chi connectivity index (χ3v) is 4.83. The molecule has 2 aliphatic rings. The van der Waals surface area contributed by atoms with Gasteiger partial charge in [0, 0.05) is 38.3 Å². The third kappa shape index (κ3) is 5.41. The topological polar surface area (TPSA) is 65.6 Å². The summed E-state index contributed by atoms with van der Waals surface area (Å²) < 4.78 is 5.48. The van der Waals surface area contributed by atoms with Gasteiger partial charge in [-0.05, 0) is 38.9 Å². The van der Waals surface area contributed by atoms with Crippen LogP contribution in [-0.4, -0.2) is 60.5 Å². The normalized spacial score (nSPS) is 18.6. The van der Waals surface area contributed by atoms with Crippen molar-refractivity contribution in [3.63, 3.8) is 0 Å². The summed E-state index contributed by atoms with van der Waals surface area (Å²) in [5.41, 5.74) is 0. The van der Waals surface area contributed by atoms with E-state index in [-0.39, 0.29) is 6.04 Å². The van der Waals surface area contributed by atoms with Gasteiger partial charge < -0.3 is 25.2 Å². The van der Waals surface area contributed by atoms with Gasteiger partial charge in [-0.2, -0.15) is 9.97 Å². The number of anilines is 3. The van der Waals surface area contributed by atoms with Gasteiger partial charge in [0.15, 0.2) is 5.11 Å². The fraction of sp³-hybridized carbons (Fsp3) is 0.722. The van der Waals surface area contributed by atoms with Crippen molar-refractivity contribution in [2.45, 2.75) is 45.6 Å². The van der Waals surface area contributed by atoms with E-state index in [0.717, 1.165) is 51.0 Å². The van der Waals surface area contributed by atoms with Crippen molar-refractivity contribution in [3.05, 3.63) is 6.07 Å². The first-order valence-electron chi connectivity index (χ1n) is 9.66. The van der Waals surface area contributed by atoms with Crippen molar-refractivity contribution in [2.75, 3.05) is 54.5 Å². The van der Waals surface area contributed by atoms with Gasteiger partial charge in [-0.25, -0.2) is 0 Å². The van der Waals surface area contributed by atoms with E-state index in [9.17, 15) is 0 Å². The number of nitrogens with zero attached hydrogens (tertiary/aromatic N) is 4. The summed E-state index contributed by atoms with van der Waals surface area (Å²) in [7, 11) is 0. The summed E-state index contributed by atoms with van der Waals surface area (Å²) in [6, 6.07) is 2.38. The third-order valence-electron chi connectivity index (χ3n) is 4.61. The molecule has 2 saturated heterocycles. The molecule has 0 unspecified atom stereocenters. The molecular formula is C18H30N6OS. The zero-order valence-corrected chi connectivity index (χ0v) is 16.6. The molecule has 0 spiro atoms. The molecule has 0 amide bonds. The van der Waals surface area contributed by atoms with E-state index in [4.69, 9.17) is 26.9 Å². The lowest BCUT2D eigenvalue weighted by Crippen LogP contribution is -2.38. The number of morpholine rings is 1. The Labute approximate surface area is 161 Å². The predicted octanol–water partition coefficient (Wildman–Crippen LogP) is 2.39. The van der Waals surface area contributed by atoms with E-state index >= 15 is 0 Å². The van der Waals surface area contributed by atoms with Crippen LogP contribution in [0.3, 0.4) is 0 Å². The van der Waals surface area contributed by atoms with Crippen molar-refractivity contribution in [3.8, 4) is 0 Å². The van der Waals surface area contributed by atoms with Crippen LogP contribution in [0.15, 0.2) is 6.07 Å². The van der Waals surface area contributed by atoms with Crippen molar-refractivity contribution in [1.82, 2.24) is 15.3 Å². The molecule has 26 heavy (non-hydrogen) atoms. The molecule has 144 valence electrons. The van der Waals surface area contributed by atoms with Gasteiger partial charge in [0.1, 0.15) is 11.6 Å². The molecule has 0 radical (unpaired) electrons. The molecule has 7 nitrogen and oxygen atoms in total. The van der Waals surface area contributed by atoms with Crippen molar-refractivity contribution < 1.29 is 4.74 Å². The first kappa shape index (κ1) is 19.1. The average molecular weight is 379 g/mol. The maximum Gasteiger partial charge on any atom is 0.232 e. The Hall–Kier alpha value is -1.67. The second-order valence-electron chi connectivity index (χ2n) is 7.16. The number of thiocarbonyl (C=S) groups is 1. The maximum atomic E-state index is 5.48. The lowest BCUT2D eigenvalue weighted by atomic mass is 10.2. The molecule has 2 aliphatic heterocycles. The second kappa shape index (κ2) is 9.32. The number of hydrogen-bond acceptors (Lipinski definition) is 6. The Balaban J connectivity index is 1.84. The largest absolute Gasteiger partial charge is 0.378 e. The summed E-state index contributed by atoms with van der Waals surface area (Å²) in [4.78, 5) is 14.1. The lowest BCUT2D eigenvalue weighted by molar-refractivity contribution is 0.122. The quantitative estimate of drug-likeness (QED) is 0.775. The molecule has 0 saturated carbocycles. The number of ether oxygens (including phenoxy) is 1. The zero-order chi connectivity index (χ0) is 18.4. The molecule has 3 rings (SSSR count). The van der Waals surface area contributed by atoms with E-state index < -0.39 is 0 Å². The molecule has 1 aromatic heterocycles. The number of nitrogens with one attached hydrogen (secondary N) is 2. The maximum absolute atomic E-state index is 5.48. The highest BCUT2D eigenvalue weighted by atomic mass is 32.1. The fourth-order valence-electron chi connectivity index (χ4n) is 3.29. The van der Waals surface area contributed by atoms with E-state index in [0.29, 0.717) is 11.1 Å². The molecular weight excluding hydrogens is 348 g/mol. The molecule has 2 fully saturated rings. The summed E-state index contributed by atoms with van der Waals surface area (Å²) in [5, 5.41) is 6.91. The molecule has 2 N–H and O–H groups in total. The van der Waals surface area contributed by atoms with Crippen LogP contribution in [-0.2, 0) is 4.74 Å². The van der Waals surface area contributed by atoms with Gasteiger partial charge in [0.05, 0.1) is 13.2 Å². The van der Waals surface area contributed by atoms with Crippen molar-refractivity contribution in [2.24, 2.45) is 0 Å². The minimum absolute atomic E-state index is 0.266. The monoisotopic (exact) mass is 378 g/mol. The molecule has 0 atom stereocenters. The molecule has 0 aromatic carbocycles. The summed E-state index contributed by atoms with van der Waals surface area (Å²) >= 11 is 5.38. The Morgan fingerprint density at radius 2 is 1.58 bits per heavy atom. The van der Waals surface area contributed by atoms with E-state index in [1.165, 1.54) is 25.7 Å².